The van der Waals surface area contributed by atoms with Crippen molar-refractivity contribution in [3.63, 3.8) is 0 Å². The van der Waals surface area contributed by atoms with E-state index in [9.17, 15) is 4.79 Å². The average molecular weight is 302 g/mol. The van der Waals surface area contributed by atoms with Gasteiger partial charge < -0.3 is 14.0 Å². The molecule has 0 spiro atoms. The number of amides is 1. The predicted molar refractivity (Wildman–Crippen MR) is 82.2 cm³/mol. The van der Waals surface area contributed by atoms with Crippen molar-refractivity contribution in [3.05, 3.63) is 42.0 Å². The molecule has 116 valence electrons. The molecule has 1 aromatic carbocycles. The van der Waals surface area contributed by atoms with Gasteiger partial charge >= 0.3 is 0 Å². The molecule has 0 fully saturated rings. The Morgan fingerprint density at radius 3 is 2.86 bits per heavy atom. The van der Waals surface area contributed by atoms with E-state index in [2.05, 4.69) is 15.5 Å². The summed E-state index contributed by atoms with van der Waals surface area (Å²) < 4.78 is 12.1. The van der Waals surface area contributed by atoms with Gasteiger partial charge in [0.15, 0.2) is 0 Å². The molecule has 1 aromatic heterocycles. The van der Waals surface area contributed by atoms with Gasteiger partial charge in [-0.2, -0.15) is 5.10 Å². The van der Waals surface area contributed by atoms with Gasteiger partial charge in [-0.05, 0) is 25.1 Å². The SMILES string of the molecule is COc1ccc(OC)c(/C=N/NC(=O)Cn2ccnc2C)c1. The van der Waals surface area contributed by atoms with Crippen LogP contribution in [0, 0.1) is 6.92 Å². The van der Waals surface area contributed by atoms with E-state index < -0.39 is 0 Å². The summed E-state index contributed by atoms with van der Waals surface area (Å²) in [6.07, 6.45) is 4.90. The van der Waals surface area contributed by atoms with Crippen LogP contribution in [0.15, 0.2) is 35.7 Å². The molecule has 2 aromatic rings. The number of imidazole rings is 1. The van der Waals surface area contributed by atoms with Gasteiger partial charge in [-0.1, -0.05) is 0 Å². The fourth-order valence-corrected chi connectivity index (χ4v) is 1.88. The van der Waals surface area contributed by atoms with Gasteiger partial charge in [0.25, 0.3) is 5.91 Å². The summed E-state index contributed by atoms with van der Waals surface area (Å²) >= 11 is 0. The van der Waals surface area contributed by atoms with E-state index in [1.165, 1.54) is 6.21 Å². The van der Waals surface area contributed by atoms with Crippen molar-refractivity contribution < 1.29 is 14.3 Å². The van der Waals surface area contributed by atoms with Crippen LogP contribution in [0.4, 0.5) is 0 Å². The largest absolute Gasteiger partial charge is 0.497 e. The second-order valence-corrected chi connectivity index (χ2v) is 4.50. The normalized spacial score (nSPS) is 10.7. The van der Waals surface area contributed by atoms with Crippen LogP contribution in [0.3, 0.4) is 0 Å². The maximum Gasteiger partial charge on any atom is 0.260 e. The number of aryl methyl sites for hydroxylation is 1. The van der Waals surface area contributed by atoms with Crippen LogP contribution >= 0.6 is 0 Å². The standard InChI is InChI=1S/C15H18N4O3/c1-11-16-6-7-19(11)10-15(20)18-17-9-12-8-13(21-2)4-5-14(12)22-3/h4-9H,10H2,1-3H3,(H,18,20)/b17-9+. The topological polar surface area (TPSA) is 77.7 Å². The first kappa shape index (κ1) is 15.6. The van der Waals surface area contributed by atoms with Crippen molar-refractivity contribution in [2.75, 3.05) is 14.2 Å². The smallest absolute Gasteiger partial charge is 0.260 e. The first-order valence-electron chi connectivity index (χ1n) is 6.65. The Morgan fingerprint density at radius 2 is 2.23 bits per heavy atom. The molecule has 1 amide bonds. The molecule has 0 bridgehead atoms. The third-order valence-corrected chi connectivity index (χ3v) is 3.07. The van der Waals surface area contributed by atoms with Crippen LogP contribution in [0.1, 0.15) is 11.4 Å². The number of ether oxygens (including phenoxy) is 2. The second-order valence-electron chi connectivity index (χ2n) is 4.50. The number of benzene rings is 1. The molecular formula is C15H18N4O3. The van der Waals surface area contributed by atoms with Gasteiger partial charge in [-0.3, -0.25) is 4.79 Å². The van der Waals surface area contributed by atoms with Crippen LogP contribution in [0.25, 0.3) is 0 Å². The van der Waals surface area contributed by atoms with Crippen molar-refractivity contribution in [2.45, 2.75) is 13.5 Å². The Morgan fingerprint density at radius 1 is 1.41 bits per heavy atom. The quantitative estimate of drug-likeness (QED) is 0.645. The summed E-state index contributed by atoms with van der Waals surface area (Å²) in [4.78, 5) is 15.9. The Labute approximate surface area is 128 Å². The molecule has 0 aliphatic carbocycles. The summed E-state index contributed by atoms with van der Waals surface area (Å²) in [5, 5.41) is 3.94. The zero-order chi connectivity index (χ0) is 15.9. The minimum Gasteiger partial charge on any atom is -0.497 e. The molecule has 7 nitrogen and oxygen atoms in total. The molecule has 0 radical (unpaired) electrons. The molecule has 2 rings (SSSR count). The fraction of sp³-hybridized carbons (Fsp3) is 0.267. The minimum absolute atomic E-state index is 0.165. The Bertz CT molecular complexity index is 679. The number of methoxy groups -OCH3 is 2. The summed E-state index contributed by atoms with van der Waals surface area (Å²) in [6, 6.07) is 5.34. The molecule has 7 heteroatoms. The number of hydrazone groups is 1. The monoisotopic (exact) mass is 302 g/mol. The summed E-state index contributed by atoms with van der Waals surface area (Å²) in [5.41, 5.74) is 3.18. The average Bonchev–Trinajstić information content (AvgIpc) is 2.92. The van der Waals surface area contributed by atoms with E-state index in [1.54, 1.807) is 49.4 Å². The Balaban J connectivity index is 2.00. The number of carbonyl (C=O) groups is 1. The van der Waals surface area contributed by atoms with Gasteiger partial charge in [-0.25, -0.2) is 10.4 Å². The van der Waals surface area contributed by atoms with Gasteiger partial charge in [0.05, 0.1) is 20.4 Å². The molecule has 0 aliphatic heterocycles. The summed E-state index contributed by atoms with van der Waals surface area (Å²) in [5.74, 6) is 1.86. The molecule has 0 atom stereocenters. The van der Waals surface area contributed by atoms with Gasteiger partial charge in [-0.15, -0.1) is 0 Å². The predicted octanol–water partition coefficient (Wildman–Crippen LogP) is 1.36. The number of aromatic nitrogens is 2. The van der Waals surface area contributed by atoms with Crippen LogP contribution in [-0.2, 0) is 11.3 Å². The highest BCUT2D eigenvalue weighted by atomic mass is 16.5. The zero-order valence-corrected chi connectivity index (χ0v) is 12.7. The molecule has 0 aliphatic rings. The van der Waals surface area contributed by atoms with Gasteiger partial charge in [0, 0.05) is 18.0 Å². The van der Waals surface area contributed by atoms with Crippen LogP contribution in [0.5, 0.6) is 11.5 Å². The number of carbonyl (C=O) groups excluding carboxylic acids is 1. The Kier molecular flexibility index (Phi) is 5.13. The first-order chi connectivity index (χ1) is 10.6. The molecule has 22 heavy (non-hydrogen) atoms. The van der Waals surface area contributed by atoms with Crippen LogP contribution in [0.2, 0.25) is 0 Å². The lowest BCUT2D eigenvalue weighted by atomic mass is 10.2. The number of hydrogen-bond donors (Lipinski definition) is 1. The molecule has 0 saturated heterocycles. The maximum atomic E-state index is 11.8. The third-order valence-electron chi connectivity index (χ3n) is 3.07. The zero-order valence-electron chi connectivity index (χ0n) is 12.7. The molecule has 0 saturated carbocycles. The first-order valence-corrected chi connectivity index (χ1v) is 6.65. The van der Waals surface area contributed by atoms with Gasteiger partial charge in [0.1, 0.15) is 23.9 Å². The van der Waals surface area contributed by atoms with Crippen molar-refractivity contribution >= 4 is 12.1 Å². The molecular weight excluding hydrogens is 284 g/mol. The van der Waals surface area contributed by atoms with Gasteiger partial charge in [0.2, 0.25) is 0 Å². The highest BCUT2D eigenvalue weighted by Gasteiger charge is 2.05. The second kappa shape index (κ2) is 7.26. The maximum absolute atomic E-state index is 11.8. The highest BCUT2D eigenvalue weighted by molar-refractivity contribution is 5.85. The fourth-order valence-electron chi connectivity index (χ4n) is 1.88. The summed E-state index contributed by atoms with van der Waals surface area (Å²) in [6.45, 7) is 2.00. The highest BCUT2D eigenvalue weighted by Crippen LogP contribution is 2.22. The van der Waals surface area contributed by atoms with E-state index in [0.717, 1.165) is 5.82 Å². The summed E-state index contributed by atoms with van der Waals surface area (Å²) in [7, 11) is 3.15. The third kappa shape index (κ3) is 3.85. The van der Waals surface area contributed by atoms with Crippen molar-refractivity contribution in [1.82, 2.24) is 15.0 Å². The number of rotatable bonds is 6. The van der Waals surface area contributed by atoms with E-state index >= 15 is 0 Å². The lowest BCUT2D eigenvalue weighted by Gasteiger charge is -2.07. The number of hydrogen-bond acceptors (Lipinski definition) is 5. The van der Waals surface area contributed by atoms with Crippen molar-refractivity contribution in [2.24, 2.45) is 5.10 Å². The van der Waals surface area contributed by atoms with Crippen LogP contribution in [-0.4, -0.2) is 35.9 Å². The lowest BCUT2D eigenvalue weighted by Crippen LogP contribution is -2.23. The van der Waals surface area contributed by atoms with Crippen molar-refractivity contribution in [1.29, 1.82) is 0 Å². The molecule has 1 N–H and O–H groups in total. The number of nitrogens with zero attached hydrogens (tertiary/aromatic N) is 3. The van der Waals surface area contributed by atoms with Crippen molar-refractivity contribution in [3.8, 4) is 11.5 Å². The lowest BCUT2D eigenvalue weighted by molar-refractivity contribution is -0.121. The minimum atomic E-state index is -0.237. The molecule has 0 unspecified atom stereocenters. The molecule has 1 heterocycles. The Hall–Kier alpha value is -2.83. The van der Waals surface area contributed by atoms with E-state index in [0.29, 0.717) is 17.1 Å². The van der Waals surface area contributed by atoms with E-state index in [1.807, 2.05) is 6.92 Å². The van der Waals surface area contributed by atoms with E-state index in [-0.39, 0.29) is 12.5 Å². The number of nitrogens with one attached hydrogen (secondary N) is 1. The van der Waals surface area contributed by atoms with Crippen LogP contribution < -0.4 is 14.9 Å². The van der Waals surface area contributed by atoms with E-state index in [4.69, 9.17) is 9.47 Å².